The highest BCUT2D eigenvalue weighted by atomic mass is 16.5. The summed E-state index contributed by atoms with van der Waals surface area (Å²) < 4.78 is 10.7. The Hall–Kier alpha value is -1.20. The molecule has 0 bridgehead atoms. The van der Waals surface area contributed by atoms with Gasteiger partial charge in [-0.15, -0.1) is 0 Å². The van der Waals surface area contributed by atoms with Gasteiger partial charge in [-0.25, -0.2) is 4.98 Å². The first-order valence-electron chi connectivity index (χ1n) is 4.94. The van der Waals surface area contributed by atoms with Gasteiger partial charge in [0.05, 0.1) is 44.0 Å². The van der Waals surface area contributed by atoms with E-state index in [2.05, 4.69) is 9.97 Å². The van der Waals surface area contributed by atoms with Crippen LogP contribution in [0.2, 0.25) is 0 Å². The number of nitrogens with zero attached hydrogens (tertiary/aromatic N) is 2. The largest absolute Gasteiger partial charge is 0.382 e. The molecular formula is C10H17N3O2. The summed E-state index contributed by atoms with van der Waals surface area (Å²) in [6.07, 6.45) is 3.37. The van der Waals surface area contributed by atoms with Crippen molar-refractivity contribution < 1.29 is 9.47 Å². The lowest BCUT2D eigenvalue weighted by Crippen LogP contribution is -2.10. The fraction of sp³-hybridized carbons (Fsp3) is 0.600. The lowest BCUT2D eigenvalue weighted by molar-refractivity contribution is 0.0135. The Morgan fingerprint density at radius 2 is 2.07 bits per heavy atom. The highest BCUT2D eigenvalue weighted by molar-refractivity contribution is 5.22. The van der Waals surface area contributed by atoms with Crippen LogP contribution in [0.5, 0.6) is 0 Å². The topological polar surface area (TPSA) is 70.3 Å². The molecule has 5 heteroatoms. The molecule has 15 heavy (non-hydrogen) atoms. The zero-order valence-electron chi connectivity index (χ0n) is 9.14. The van der Waals surface area contributed by atoms with Crippen LogP contribution >= 0.6 is 0 Å². The van der Waals surface area contributed by atoms with E-state index in [1.807, 2.05) is 13.8 Å². The predicted molar refractivity (Wildman–Crippen MR) is 57.2 cm³/mol. The van der Waals surface area contributed by atoms with Crippen molar-refractivity contribution in [2.75, 3.05) is 18.9 Å². The lowest BCUT2D eigenvalue weighted by Gasteiger charge is -2.07. The van der Waals surface area contributed by atoms with Crippen LogP contribution in [0.25, 0.3) is 0 Å². The van der Waals surface area contributed by atoms with Gasteiger partial charge in [0.15, 0.2) is 0 Å². The summed E-state index contributed by atoms with van der Waals surface area (Å²) in [6, 6.07) is 0. The van der Waals surface area contributed by atoms with Gasteiger partial charge in [-0.2, -0.15) is 0 Å². The highest BCUT2D eigenvalue weighted by Gasteiger charge is 1.96. The molecule has 2 N–H and O–H groups in total. The Balaban J connectivity index is 2.12. The molecule has 0 aliphatic heterocycles. The van der Waals surface area contributed by atoms with E-state index in [0.717, 1.165) is 5.69 Å². The summed E-state index contributed by atoms with van der Waals surface area (Å²) in [5, 5.41) is 0. The highest BCUT2D eigenvalue weighted by Crippen LogP contribution is 1.98. The monoisotopic (exact) mass is 211 g/mol. The summed E-state index contributed by atoms with van der Waals surface area (Å²) in [6.45, 7) is 5.58. The average Bonchev–Trinajstić information content (AvgIpc) is 2.20. The van der Waals surface area contributed by atoms with E-state index in [1.54, 1.807) is 6.20 Å². The van der Waals surface area contributed by atoms with Gasteiger partial charge in [0, 0.05) is 0 Å². The van der Waals surface area contributed by atoms with Crippen LogP contribution in [0.4, 0.5) is 5.82 Å². The molecule has 0 amide bonds. The summed E-state index contributed by atoms with van der Waals surface area (Å²) in [5.41, 5.74) is 6.17. The van der Waals surface area contributed by atoms with Gasteiger partial charge in [-0.05, 0) is 13.8 Å². The maximum Gasteiger partial charge on any atom is 0.141 e. The summed E-state index contributed by atoms with van der Waals surface area (Å²) in [4.78, 5) is 7.97. The van der Waals surface area contributed by atoms with Crippen LogP contribution in [-0.2, 0) is 16.1 Å². The molecule has 0 saturated heterocycles. The van der Waals surface area contributed by atoms with E-state index in [4.69, 9.17) is 15.2 Å². The fourth-order valence-electron chi connectivity index (χ4n) is 0.959. The van der Waals surface area contributed by atoms with E-state index >= 15 is 0 Å². The van der Waals surface area contributed by atoms with Gasteiger partial charge in [0.2, 0.25) is 0 Å². The number of rotatable bonds is 6. The van der Waals surface area contributed by atoms with E-state index in [-0.39, 0.29) is 6.10 Å². The molecule has 1 aromatic rings. The third-order valence-corrected chi connectivity index (χ3v) is 1.65. The number of hydrogen-bond donors (Lipinski definition) is 1. The smallest absolute Gasteiger partial charge is 0.141 e. The van der Waals surface area contributed by atoms with Crippen molar-refractivity contribution in [1.29, 1.82) is 0 Å². The SMILES string of the molecule is CC(C)OCCOCc1cnc(N)cn1. The Labute approximate surface area is 89.6 Å². The Kier molecular flexibility index (Phi) is 5.00. The maximum absolute atomic E-state index is 5.40. The minimum Gasteiger partial charge on any atom is -0.382 e. The second-order valence-corrected chi connectivity index (χ2v) is 3.40. The minimum atomic E-state index is 0.241. The molecule has 5 nitrogen and oxygen atoms in total. The summed E-state index contributed by atoms with van der Waals surface area (Å²) in [7, 11) is 0. The lowest BCUT2D eigenvalue weighted by atomic mass is 10.5. The van der Waals surface area contributed by atoms with E-state index in [0.29, 0.717) is 25.6 Å². The molecule has 0 radical (unpaired) electrons. The zero-order valence-corrected chi connectivity index (χ0v) is 9.14. The van der Waals surface area contributed by atoms with Crippen molar-refractivity contribution in [2.45, 2.75) is 26.6 Å². The number of nitrogens with two attached hydrogens (primary N) is 1. The van der Waals surface area contributed by atoms with Crippen LogP contribution in [0, 0.1) is 0 Å². The van der Waals surface area contributed by atoms with Crippen molar-refractivity contribution in [3.63, 3.8) is 0 Å². The molecule has 0 saturated carbocycles. The molecule has 84 valence electrons. The number of aromatic nitrogens is 2. The van der Waals surface area contributed by atoms with Gasteiger partial charge < -0.3 is 15.2 Å². The van der Waals surface area contributed by atoms with Crippen LogP contribution in [0.15, 0.2) is 12.4 Å². The predicted octanol–water partition coefficient (Wildman–Crippen LogP) is 1.00. The minimum absolute atomic E-state index is 0.241. The zero-order chi connectivity index (χ0) is 11.1. The normalized spacial score (nSPS) is 10.9. The van der Waals surface area contributed by atoms with Gasteiger partial charge in [-0.1, -0.05) is 0 Å². The molecule has 0 aromatic carbocycles. The van der Waals surface area contributed by atoms with Gasteiger partial charge >= 0.3 is 0 Å². The second-order valence-electron chi connectivity index (χ2n) is 3.40. The van der Waals surface area contributed by atoms with Crippen LogP contribution < -0.4 is 5.73 Å². The first-order valence-corrected chi connectivity index (χ1v) is 4.94. The first kappa shape index (κ1) is 11.9. The fourth-order valence-corrected chi connectivity index (χ4v) is 0.959. The Morgan fingerprint density at radius 1 is 1.27 bits per heavy atom. The molecule has 1 aromatic heterocycles. The third-order valence-electron chi connectivity index (χ3n) is 1.65. The van der Waals surface area contributed by atoms with Crippen LogP contribution in [-0.4, -0.2) is 29.3 Å². The number of nitrogen functional groups attached to an aromatic ring is 1. The Bertz CT molecular complexity index is 275. The second kappa shape index (κ2) is 6.31. The van der Waals surface area contributed by atoms with E-state index in [9.17, 15) is 0 Å². The molecule has 0 aliphatic rings. The van der Waals surface area contributed by atoms with Gasteiger partial charge in [0.25, 0.3) is 0 Å². The number of hydrogen-bond acceptors (Lipinski definition) is 5. The Morgan fingerprint density at radius 3 is 2.67 bits per heavy atom. The first-order chi connectivity index (χ1) is 7.18. The molecule has 0 unspecified atom stereocenters. The van der Waals surface area contributed by atoms with Crippen molar-refractivity contribution in [1.82, 2.24) is 9.97 Å². The van der Waals surface area contributed by atoms with Crippen LogP contribution in [0.3, 0.4) is 0 Å². The van der Waals surface area contributed by atoms with Crippen molar-refractivity contribution in [3.8, 4) is 0 Å². The molecule has 0 fully saturated rings. The quantitative estimate of drug-likeness (QED) is 0.711. The van der Waals surface area contributed by atoms with Crippen LogP contribution in [0.1, 0.15) is 19.5 Å². The van der Waals surface area contributed by atoms with Crippen molar-refractivity contribution >= 4 is 5.82 Å². The van der Waals surface area contributed by atoms with Crippen molar-refractivity contribution in [2.24, 2.45) is 0 Å². The molecule has 0 aliphatic carbocycles. The summed E-state index contributed by atoms with van der Waals surface area (Å²) in [5.74, 6) is 0.418. The average molecular weight is 211 g/mol. The molecule has 1 heterocycles. The number of ether oxygens (including phenoxy) is 2. The van der Waals surface area contributed by atoms with Gasteiger partial charge in [-0.3, -0.25) is 4.98 Å². The standard InChI is InChI=1S/C10H17N3O2/c1-8(2)15-4-3-14-7-9-5-13-10(11)6-12-9/h5-6,8H,3-4,7H2,1-2H3,(H2,11,13). The molecule has 0 atom stereocenters. The summed E-state index contributed by atoms with van der Waals surface area (Å²) >= 11 is 0. The maximum atomic E-state index is 5.40. The van der Waals surface area contributed by atoms with Gasteiger partial charge in [0.1, 0.15) is 5.82 Å². The number of anilines is 1. The molecule has 1 rings (SSSR count). The third kappa shape index (κ3) is 5.29. The molecule has 0 spiro atoms. The van der Waals surface area contributed by atoms with E-state index < -0.39 is 0 Å². The van der Waals surface area contributed by atoms with Crippen molar-refractivity contribution in [3.05, 3.63) is 18.1 Å². The molecular weight excluding hydrogens is 194 g/mol. The van der Waals surface area contributed by atoms with E-state index in [1.165, 1.54) is 6.20 Å².